The van der Waals surface area contributed by atoms with Crippen LogP contribution >= 0.6 is 0 Å². The normalized spacial score (nSPS) is 11.1. The van der Waals surface area contributed by atoms with E-state index < -0.39 is 15.8 Å². The molecule has 112 valence electrons. The molecule has 0 fully saturated rings. The summed E-state index contributed by atoms with van der Waals surface area (Å²) in [6.07, 6.45) is -0.0387. The van der Waals surface area contributed by atoms with Gasteiger partial charge in [-0.25, -0.2) is 12.8 Å². The minimum atomic E-state index is -4.00. The molecule has 0 radical (unpaired) electrons. The first-order valence-electron chi connectivity index (χ1n) is 6.14. The summed E-state index contributed by atoms with van der Waals surface area (Å²) in [4.78, 5) is -0.279. The fourth-order valence-corrected chi connectivity index (χ4v) is 3.16. The van der Waals surface area contributed by atoms with E-state index >= 15 is 0 Å². The van der Waals surface area contributed by atoms with Crippen molar-refractivity contribution in [3.63, 3.8) is 0 Å². The second-order valence-electron chi connectivity index (χ2n) is 4.34. The molecule has 0 heterocycles. The summed E-state index contributed by atoms with van der Waals surface area (Å²) in [5, 5.41) is 17.2. The summed E-state index contributed by atoms with van der Waals surface area (Å²) < 4.78 is 39.5. The lowest BCUT2D eigenvalue weighted by atomic mass is 10.2. The highest BCUT2D eigenvalue weighted by Crippen LogP contribution is 2.24. The van der Waals surface area contributed by atoms with Crippen LogP contribution in [-0.2, 0) is 10.0 Å². The van der Waals surface area contributed by atoms with E-state index in [2.05, 4.69) is 0 Å². The Hall–Kier alpha value is -2.16. The van der Waals surface area contributed by atoms with Gasteiger partial charge in [-0.05, 0) is 19.1 Å². The zero-order valence-electron chi connectivity index (χ0n) is 11.5. The van der Waals surface area contributed by atoms with Crippen molar-refractivity contribution in [2.75, 3.05) is 18.8 Å². The number of nitriles is 2. The average Bonchev–Trinajstić information content (AvgIpc) is 2.44. The molecular weight excluding hydrogens is 295 g/mol. The summed E-state index contributed by atoms with van der Waals surface area (Å²) >= 11 is 0. The third kappa shape index (κ3) is 3.91. The van der Waals surface area contributed by atoms with Crippen molar-refractivity contribution in [3.05, 3.63) is 23.5 Å². The molecule has 0 spiro atoms. The lowest BCUT2D eigenvalue weighted by Gasteiger charge is -2.20. The van der Waals surface area contributed by atoms with Crippen molar-refractivity contribution in [2.24, 2.45) is 0 Å². The Morgan fingerprint density at radius 1 is 1.24 bits per heavy atom. The zero-order chi connectivity index (χ0) is 16.0. The highest BCUT2D eigenvalue weighted by Gasteiger charge is 2.25. The molecule has 0 aliphatic rings. The van der Waals surface area contributed by atoms with Gasteiger partial charge in [0.05, 0.1) is 17.0 Å². The van der Waals surface area contributed by atoms with Gasteiger partial charge in [0.2, 0.25) is 10.0 Å². The minimum absolute atomic E-state index is 0.0194. The van der Waals surface area contributed by atoms with Gasteiger partial charge >= 0.3 is 0 Å². The van der Waals surface area contributed by atoms with Crippen molar-refractivity contribution in [3.8, 4) is 12.1 Å². The highest BCUT2D eigenvalue weighted by atomic mass is 32.2. The summed E-state index contributed by atoms with van der Waals surface area (Å²) in [7, 11) is -4.00. The quantitative estimate of drug-likeness (QED) is 0.801. The van der Waals surface area contributed by atoms with E-state index in [9.17, 15) is 12.8 Å². The van der Waals surface area contributed by atoms with Crippen LogP contribution in [0.4, 0.5) is 10.1 Å². The van der Waals surface area contributed by atoms with Crippen LogP contribution in [0.25, 0.3) is 0 Å². The molecule has 0 aromatic heterocycles. The van der Waals surface area contributed by atoms with Gasteiger partial charge in [0.15, 0.2) is 0 Å². The lowest BCUT2D eigenvalue weighted by Crippen LogP contribution is -2.33. The third-order valence-electron chi connectivity index (χ3n) is 2.94. The van der Waals surface area contributed by atoms with Gasteiger partial charge in [-0.2, -0.15) is 14.8 Å². The van der Waals surface area contributed by atoms with Crippen LogP contribution in [0.1, 0.15) is 18.4 Å². The molecule has 6 nitrogen and oxygen atoms in total. The standard InChI is InChI=1S/C13H15FN4O2S/c1-10-12(14)8-11(9-13(10)17)21(19,20)18(6-2-4-15)7-3-5-16/h8-9H,2-3,6-7,17H2,1H3. The summed E-state index contributed by atoms with van der Waals surface area (Å²) in [5.74, 6) is -0.714. The Morgan fingerprint density at radius 2 is 1.76 bits per heavy atom. The Labute approximate surface area is 123 Å². The molecule has 1 aromatic carbocycles. The van der Waals surface area contributed by atoms with Crippen LogP contribution in [0.15, 0.2) is 17.0 Å². The predicted octanol–water partition coefficient (Wildman–Crippen LogP) is 1.53. The van der Waals surface area contributed by atoms with Crippen LogP contribution in [-0.4, -0.2) is 25.8 Å². The number of nitrogen functional groups attached to an aromatic ring is 1. The first-order valence-corrected chi connectivity index (χ1v) is 7.58. The Balaban J connectivity index is 3.22. The van der Waals surface area contributed by atoms with E-state index in [1.54, 1.807) is 0 Å². The molecule has 0 amide bonds. The monoisotopic (exact) mass is 310 g/mol. The van der Waals surface area contributed by atoms with E-state index in [1.165, 1.54) is 13.0 Å². The van der Waals surface area contributed by atoms with Crippen molar-refractivity contribution in [1.29, 1.82) is 10.5 Å². The number of benzene rings is 1. The molecule has 0 aliphatic carbocycles. The number of sulfonamides is 1. The van der Waals surface area contributed by atoms with E-state index in [4.69, 9.17) is 16.3 Å². The van der Waals surface area contributed by atoms with Gasteiger partial charge in [-0.1, -0.05) is 0 Å². The Kier molecular flexibility index (Phi) is 5.65. The second kappa shape index (κ2) is 7.02. The van der Waals surface area contributed by atoms with Gasteiger partial charge < -0.3 is 5.73 Å². The number of hydrogen-bond donors (Lipinski definition) is 1. The largest absolute Gasteiger partial charge is 0.398 e. The molecular formula is C13H15FN4O2S. The Morgan fingerprint density at radius 3 is 2.19 bits per heavy atom. The maximum atomic E-state index is 13.7. The SMILES string of the molecule is Cc1c(N)cc(S(=O)(=O)N(CCC#N)CCC#N)cc1F. The van der Waals surface area contributed by atoms with Gasteiger partial charge in [-0.15, -0.1) is 0 Å². The molecule has 1 rings (SSSR count). The van der Waals surface area contributed by atoms with Crippen LogP contribution in [0.3, 0.4) is 0 Å². The van der Waals surface area contributed by atoms with Gasteiger partial charge in [0.1, 0.15) is 5.82 Å². The Bertz CT molecular complexity index is 663. The first-order chi connectivity index (χ1) is 9.84. The topological polar surface area (TPSA) is 111 Å². The van der Waals surface area contributed by atoms with Crippen LogP contribution in [0.2, 0.25) is 0 Å². The number of nitrogens with two attached hydrogens (primary N) is 1. The molecule has 2 N–H and O–H groups in total. The fraction of sp³-hybridized carbons (Fsp3) is 0.385. The van der Waals surface area contributed by atoms with E-state index in [-0.39, 0.29) is 42.1 Å². The average molecular weight is 310 g/mol. The molecule has 0 saturated carbocycles. The third-order valence-corrected chi connectivity index (χ3v) is 4.82. The predicted molar refractivity (Wildman–Crippen MR) is 74.8 cm³/mol. The summed E-state index contributed by atoms with van der Waals surface area (Å²) in [5.41, 5.74) is 5.80. The van der Waals surface area contributed by atoms with Crippen LogP contribution in [0, 0.1) is 35.4 Å². The molecule has 0 bridgehead atoms. The van der Waals surface area contributed by atoms with Crippen LogP contribution < -0.4 is 5.73 Å². The second-order valence-corrected chi connectivity index (χ2v) is 6.28. The van der Waals surface area contributed by atoms with Crippen molar-refractivity contribution in [1.82, 2.24) is 4.31 Å². The number of nitrogens with zero attached hydrogens (tertiary/aromatic N) is 3. The van der Waals surface area contributed by atoms with Gasteiger partial charge in [0.25, 0.3) is 0 Å². The van der Waals surface area contributed by atoms with Gasteiger partial charge in [0, 0.05) is 37.2 Å². The summed E-state index contributed by atoms with van der Waals surface area (Å²) in [6, 6.07) is 5.76. The van der Waals surface area contributed by atoms with Crippen molar-refractivity contribution >= 4 is 15.7 Å². The molecule has 0 aliphatic heterocycles. The van der Waals surface area contributed by atoms with Gasteiger partial charge in [-0.3, -0.25) is 0 Å². The maximum absolute atomic E-state index is 13.7. The zero-order valence-corrected chi connectivity index (χ0v) is 12.3. The molecule has 0 saturated heterocycles. The molecule has 21 heavy (non-hydrogen) atoms. The van der Waals surface area contributed by atoms with Crippen molar-refractivity contribution < 1.29 is 12.8 Å². The number of halogens is 1. The maximum Gasteiger partial charge on any atom is 0.243 e. The van der Waals surface area contributed by atoms with Crippen LogP contribution in [0.5, 0.6) is 0 Å². The summed E-state index contributed by atoms with van der Waals surface area (Å²) in [6.45, 7) is 1.33. The van der Waals surface area contributed by atoms with E-state index in [1.807, 2.05) is 12.1 Å². The molecule has 0 atom stereocenters. The number of hydrogen-bond acceptors (Lipinski definition) is 5. The smallest absolute Gasteiger partial charge is 0.243 e. The number of anilines is 1. The van der Waals surface area contributed by atoms with E-state index in [0.29, 0.717) is 0 Å². The molecule has 8 heteroatoms. The number of rotatable bonds is 6. The minimum Gasteiger partial charge on any atom is -0.398 e. The molecule has 1 aromatic rings. The van der Waals surface area contributed by atoms with E-state index in [0.717, 1.165) is 10.4 Å². The van der Waals surface area contributed by atoms with Crippen molar-refractivity contribution in [2.45, 2.75) is 24.7 Å². The lowest BCUT2D eigenvalue weighted by molar-refractivity contribution is 0.424. The fourth-order valence-electron chi connectivity index (χ4n) is 1.67. The highest BCUT2D eigenvalue weighted by molar-refractivity contribution is 7.89. The molecule has 0 unspecified atom stereocenters. The first kappa shape index (κ1) is 16.9.